The van der Waals surface area contributed by atoms with Gasteiger partial charge < -0.3 is 4.98 Å². The molecule has 2 heterocycles. The molecular formula is C29H27N3. The van der Waals surface area contributed by atoms with E-state index in [0.717, 1.165) is 16.7 Å². The first kappa shape index (κ1) is 20.1. The van der Waals surface area contributed by atoms with Crippen molar-refractivity contribution >= 4 is 32.8 Å². The molecule has 0 unspecified atom stereocenters. The van der Waals surface area contributed by atoms with Gasteiger partial charge in [-0.05, 0) is 47.4 Å². The Morgan fingerprint density at radius 3 is 1.91 bits per heavy atom. The number of para-hydroxylation sites is 3. The molecule has 0 bridgehead atoms. The molecule has 3 heteroatoms. The van der Waals surface area contributed by atoms with Gasteiger partial charge in [0.15, 0.2) is 0 Å². The highest BCUT2D eigenvalue weighted by molar-refractivity contribution is 6.06. The number of imidazole rings is 1. The molecule has 1 N–H and O–H groups in total. The Bertz CT molecular complexity index is 1450. The average molecular weight is 418 g/mol. The fourth-order valence-electron chi connectivity index (χ4n) is 4.07. The van der Waals surface area contributed by atoms with Crippen molar-refractivity contribution in [3.8, 4) is 5.69 Å². The summed E-state index contributed by atoms with van der Waals surface area (Å²) in [4.78, 5) is 7.91. The maximum absolute atomic E-state index is 4.53. The van der Waals surface area contributed by atoms with Crippen LogP contribution in [0.3, 0.4) is 0 Å². The zero-order chi connectivity index (χ0) is 22.1. The monoisotopic (exact) mass is 417 g/mol. The van der Waals surface area contributed by atoms with E-state index in [0.29, 0.717) is 0 Å². The molecule has 32 heavy (non-hydrogen) atoms. The van der Waals surface area contributed by atoms with Gasteiger partial charge in [-0.25, -0.2) is 4.98 Å². The summed E-state index contributed by atoms with van der Waals surface area (Å²) in [5, 5.41) is 2.61. The first-order valence-corrected chi connectivity index (χ1v) is 11.0. The van der Waals surface area contributed by atoms with Crippen LogP contribution >= 0.6 is 0 Å². The summed E-state index contributed by atoms with van der Waals surface area (Å²) in [6.07, 6.45) is 1.90. The van der Waals surface area contributed by atoms with Crippen LogP contribution < -0.4 is 0 Å². The summed E-state index contributed by atoms with van der Waals surface area (Å²) in [7, 11) is 0. The molecule has 0 saturated heterocycles. The van der Waals surface area contributed by atoms with Crippen molar-refractivity contribution in [2.45, 2.75) is 26.2 Å². The SMILES string of the molecule is CC(C)(C)c1ccc2c(c1)ncn2-c1ccccc1.c1ccc2c(c1)[nH]c1ccccc12. The fraction of sp³-hybridized carbons (Fsp3) is 0.138. The van der Waals surface area contributed by atoms with Crippen LogP contribution in [-0.2, 0) is 5.41 Å². The second-order valence-corrected chi connectivity index (χ2v) is 9.12. The Labute approximate surface area is 188 Å². The van der Waals surface area contributed by atoms with Crippen LogP contribution in [0.15, 0.2) is 103 Å². The van der Waals surface area contributed by atoms with Gasteiger partial charge in [0, 0.05) is 27.5 Å². The quantitative estimate of drug-likeness (QED) is 0.293. The van der Waals surface area contributed by atoms with Crippen molar-refractivity contribution in [3.63, 3.8) is 0 Å². The number of H-pyrrole nitrogens is 1. The van der Waals surface area contributed by atoms with Crippen molar-refractivity contribution in [2.75, 3.05) is 0 Å². The molecule has 2 aromatic heterocycles. The Morgan fingerprint density at radius 1 is 0.688 bits per heavy atom. The summed E-state index contributed by atoms with van der Waals surface area (Å²) < 4.78 is 2.13. The lowest BCUT2D eigenvalue weighted by atomic mass is 9.87. The molecule has 0 saturated carbocycles. The van der Waals surface area contributed by atoms with Gasteiger partial charge in [0.1, 0.15) is 6.33 Å². The number of hydrogen-bond acceptors (Lipinski definition) is 1. The van der Waals surface area contributed by atoms with Crippen LogP contribution in [-0.4, -0.2) is 14.5 Å². The third kappa shape index (κ3) is 3.78. The number of rotatable bonds is 1. The minimum Gasteiger partial charge on any atom is -0.355 e. The van der Waals surface area contributed by atoms with Gasteiger partial charge in [-0.2, -0.15) is 0 Å². The molecule has 6 rings (SSSR count). The Hall–Kier alpha value is -3.85. The zero-order valence-corrected chi connectivity index (χ0v) is 18.7. The molecule has 0 aliphatic rings. The van der Waals surface area contributed by atoms with E-state index >= 15 is 0 Å². The smallest absolute Gasteiger partial charge is 0.100 e. The van der Waals surface area contributed by atoms with Crippen LogP contribution in [0.25, 0.3) is 38.5 Å². The molecule has 6 aromatic rings. The molecule has 158 valence electrons. The number of benzene rings is 4. The number of fused-ring (bicyclic) bond motifs is 4. The lowest BCUT2D eigenvalue weighted by molar-refractivity contribution is 0.591. The largest absolute Gasteiger partial charge is 0.355 e. The highest BCUT2D eigenvalue weighted by Gasteiger charge is 2.15. The molecule has 0 fully saturated rings. The van der Waals surface area contributed by atoms with Crippen molar-refractivity contribution in [1.29, 1.82) is 0 Å². The summed E-state index contributed by atoms with van der Waals surface area (Å²) in [5.74, 6) is 0. The maximum atomic E-state index is 4.53. The Balaban J connectivity index is 0.000000144. The zero-order valence-electron chi connectivity index (χ0n) is 18.7. The van der Waals surface area contributed by atoms with Crippen molar-refractivity contribution in [2.24, 2.45) is 0 Å². The molecule has 0 amide bonds. The number of nitrogens with zero attached hydrogens (tertiary/aromatic N) is 2. The molecule has 0 radical (unpaired) electrons. The second kappa shape index (κ2) is 8.01. The Kier molecular flexibility index (Phi) is 5.02. The third-order valence-corrected chi connectivity index (χ3v) is 5.86. The van der Waals surface area contributed by atoms with Crippen molar-refractivity contribution in [1.82, 2.24) is 14.5 Å². The second-order valence-electron chi connectivity index (χ2n) is 9.12. The minimum atomic E-state index is 0.157. The van der Waals surface area contributed by atoms with Gasteiger partial charge in [-0.15, -0.1) is 0 Å². The number of aromatic amines is 1. The topological polar surface area (TPSA) is 33.6 Å². The van der Waals surface area contributed by atoms with Crippen LogP contribution in [0.2, 0.25) is 0 Å². The summed E-state index contributed by atoms with van der Waals surface area (Å²) in [6.45, 7) is 6.67. The van der Waals surface area contributed by atoms with E-state index in [1.165, 1.54) is 27.4 Å². The fourth-order valence-corrected chi connectivity index (χ4v) is 4.07. The van der Waals surface area contributed by atoms with E-state index in [1.807, 2.05) is 24.5 Å². The lowest BCUT2D eigenvalue weighted by Crippen LogP contribution is -2.10. The first-order valence-electron chi connectivity index (χ1n) is 11.0. The van der Waals surface area contributed by atoms with Gasteiger partial charge in [0.25, 0.3) is 0 Å². The van der Waals surface area contributed by atoms with Crippen LogP contribution in [0.4, 0.5) is 0 Å². The van der Waals surface area contributed by atoms with Gasteiger partial charge in [0.2, 0.25) is 0 Å². The summed E-state index contributed by atoms with van der Waals surface area (Å²) in [6, 6.07) is 33.6. The standard InChI is InChI=1S/C17H18N2.C12H9N/c1-17(2,3)13-9-10-16-15(11-13)18-12-19(16)14-7-5-4-6-8-14;1-3-7-11-9(5-1)10-6-2-4-8-12(10)13-11/h4-12H,1-3H3;1-8,13H. The predicted molar refractivity (Wildman–Crippen MR) is 136 cm³/mol. The van der Waals surface area contributed by atoms with E-state index < -0.39 is 0 Å². The van der Waals surface area contributed by atoms with Crippen LogP contribution in [0, 0.1) is 0 Å². The molecule has 0 atom stereocenters. The average Bonchev–Trinajstić information content (AvgIpc) is 3.40. The lowest BCUT2D eigenvalue weighted by Gasteiger charge is -2.18. The van der Waals surface area contributed by atoms with Gasteiger partial charge >= 0.3 is 0 Å². The van der Waals surface area contributed by atoms with Crippen LogP contribution in [0.5, 0.6) is 0 Å². The molecule has 4 aromatic carbocycles. The van der Waals surface area contributed by atoms with Crippen molar-refractivity contribution < 1.29 is 0 Å². The van der Waals surface area contributed by atoms with Gasteiger partial charge in [-0.1, -0.05) is 81.4 Å². The number of hydrogen-bond donors (Lipinski definition) is 1. The Morgan fingerprint density at radius 2 is 1.28 bits per heavy atom. The number of aromatic nitrogens is 3. The van der Waals surface area contributed by atoms with E-state index in [4.69, 9.17) is 0 Å². The summed E-state index contributed by atoms with van der Waals surface area (Å²) >= 11 is 0. The summed E-state index contributed by atoms with van der Waals surface area (Å²) in [5.41, 5.74) is 7.25. The minimum absolute atomic E-state index is 0.157. The molecule has 0 spiro atoms. The number of nitrogens with one attached hydrogen (secondary N) is 1. The van der Waals surface area contributed by atoms with Crippen LogP contribution in [0.1, 0.15) is 26.3 Å². The van der Waals surface area contributed by atoms with Crippen molar-refractivity contribution in [3.05, 3.63) is 109 Å². The van der Waals surface area contributed by atoms with Gasteiger partial charge in [-0.3, -0.25) is 4.57 Å². The van der Waals surface area contributed by atoms with E-state index in [1.54, 1.807) is 0 Å². The normalized spacial score (nSPS) is 11.6. The molecule has 3 nitrogen and oxygen atoms in total. The van der Waals surface area contributed by atoms with E-state index in [-0.39, 0.29) is 5.41 Å². The van der Waals surface area contributed by atoms with Gasteiger partial charge in [0.05, 0.1) is 11.0 Å². The molecule has 0 aliphatic heterocycles. The molecule has 0 aliphatic carbocycles. The van der Waals surface area contributed by atoms with E-state index in [9.17, 15) is 0 Å². The highest BCUT2D eigenvalue weighted by atomic mass is 15.0. The highest BCUT2D eigenvalue weighted by Crippen LogP contribution is 2.27. The third-order valence-electron chi connectivity index (χ3n) is 5.86. The maximum Gasteiger partial charge on any atom is 0.100 e. The first-order chi connectivity index (χ1) is 15.5. The van der Waals surface area contributed by atoms with E-state index in [2.05, 4.69) is 114 Å². The molecular weight excluding hydrogens is 390 g/mol. The predicted octanol–water partition coefficient (Wildman–Crippen LogP) is 7.64.